The Hall–Kier alpha value is -0.520. The van der Waals surface area contributed by atoms with Crippen LogP contribution in [-0.2, 0) is 6.54 Å². The molecule has 106 valence electrons. The van der Waals surface area contributed by atoms with Crippen LogP contribution in [0.1, 0.15) is 24.8 Å². The maximum Gasteiger partial charge on any atom is 0.144 e. The molecule has 0 aromatic heterocycles. The molecular weight excluding hydrogens is 314 g/mol. The van der Waals surface area contributed by atoms with Gasteiger partial charge in [-0.05, 0) is 73.5 Å². The Labute approximate surface area is 121 Å². The highest BCUT2D eigenvalue weighted by Gasteiger charge is 2.12. The summed E-state index contributed by atoms with van der Waals surface area (Å²) in [4.78, 5) is 2.43. The predicted molar refractivity (Wildman–Crippen MR) is 76.1 cm³/mol. The molecule has 1 fully saturated rings. The summed E-state index contributed by atoms with van der Waals surface area (Å²) in [5, 5.41) is 3.11. The summed E-state index contributed by atoms with van der Waals surface area (Å²) in [6, 6.07) is 2.68. The van der Waals surface area contributed by atoms with Crippen molar-refractivity contribution in [3.05, 3.63) is 33.8 Å². The zero-order valence-electron chi connectivity index (χ0n) is 10.9. The van der Waals surface area contributed by atoms with Gasteiger partial charge in [0, 0.05) is 12.1 Å². The fraction of sp³-hybridized carbons (Fsp3) is 0.571. The molecule has 0 radical (unpaired) electrons. The first-order valence-corrected chi connectivity index (χ1v) is 7.53. The lowest BCUT2D eigenvalue weighted by Crippen LogP contribution is -2.25. The average molecular weight is 333 g/mol. The molecule has 2 rings (SSSR count). The zero-order valence-corrected chi connectivity index (χ0v) is 12.5. The third-order valence-electron chi connectivity index (χ3n) is 3.47. The lowest BCUT2D eigenvalue weighted by Gasteiger charge is -2.14. The zero-order chi connectivity index (χ0) is 13.7. The fourth-order valence-corrected chi connectivity index (χ4v) is 2.75. The largest absolute Gasteiger partial charge is 0.312 e. The van der Waals surface area contributed by atoms with Gasteiger partial charge < -0.3 is 10.2 Å². The lowest BCUT2D eigenvalue weighted by molar-refractivity contribution is 0.330. The van der Waals surface area contributed by atoms with E-state index < -0.39 is 11.6 Å². The topological polar surface area (TPSA) is 15.3 Å². The van der Waals surface area contributed by atoms with Crippen LogP contribution in [0.3, 0.4) is 0 Å². The van der Waals surface area contributed by atoms with Crippen LogP contribution < -0.4 is 5.32 Å². The number of rotatable bonds is 6. The van der Waals surface area contributed by atoms with E-state index in [2.05, 4.69) is 26.1 Å². The Morgan fingerprint density at radius 2 is 1.95 bits per heavy atom. The van der Waals surface area contributed by atoms with Gasteiger partial charge in [-0.25, -0.2) is 8.78 Å². The van der Waals surface area contributed by atoms with Crippen molar-refractivity contribution in [3.8, 4) is 0 Å². The second-order valence-electron chi connectivity index (χ2n) is 4.90. The Morgan fingerprint density at radius 1 is 1.21 bits per heavy atom. The van der Waals surface area contributed by atoms with Crippen LogP contribution in [0.5, 0.6) is 0 Å². The second-order valence-corrected chi connectivity index (χ2v) is 5.76. The molecule has 2 nitrogen and oxygen atoms in total. The molecule has 0 bridgehead atoms. The summed E-state index contributed by atoms with van der Waals surface area (Å²) < 4.78 is 27.5. The van der Waals surface area contributed by atoms with Gasteiger partial charge in [0.25, 0.3) is 0 Å². The number of benzene rings is 1. The molecule has 1 aromatic carbocycles. The van der Waals surface area contributed by atoms with Crippen LogP contribution in [0.25, 0.3) is 0 Å². The standard InChI is InChI=1S/C14H19BrF2N2/c15-12-4-5-13(16)11(14(12)17)10-18-6-3-9-19-7-1-2-8-19/h4-5,18H,1-3,6-10H2. The number of halogens is 3. The van der Waals surface area contributed by atoms with Crippen molar-refractivity contribution in [1.29, 1.82) is 0 Å². The number of nitrogens with zero attached hydrogens (tertiary/aromatic N) is 1. The van der Waals surface area contributed by atoms with E-state index >= 15 is 0 Å². The Kier molecular flexibility index (Phi) is 5.73. The summed E-state index contributed by atoms with van der Waals surface area (Å²) in [5.41, 5.74) is 0.107. The molecule has 1 heterocycles. The molecule has 19 heavy (non-hydrogen) atoms. The minimum Gasteiger partial charge on any atom is -0.312 e. The van der Waals surface area contributed by atoms with Crippen LogP contribution in [-0.4, -0.2) is 31.1 Å². The maximum absolute atomic E-state index is 13.7. The van der Waals surface area contributed by atoms with Crippen molar-refractivity contribution in [2.24, 2.45) is 0 Å². The second kappa shape index (κ2) is 7.31. The van der Waals surface area contributed by atoms with Crippen LogP contribution in [0.2, 0.25) is 0 Å². The summed E-state index contributed by atoms with van der Waals surface area (Å²) in [6.07, 6.45) is 3.60. The van der Waals surface area contributed by atoms with Gasteiger partial charge in [0.2, 0.25) is 0 Å². The van der Waals surface area contributed by atoms with Crippen LogP contribution in [0, 0.1) is 11.6 Å². The smallest absolute Gasteiger partial charge is 0.144 e. The molecule has 1 saturated heterocycles. The van der Waals surface area contributed by atoms with E-state index in [0.29, 0.717) is 4.47 Å². The van der Waals surface area contributed by atoms with E-state index in [4.69, 9.17) is 0 Å². The third kappa shape index (κ3) is 4.23. The van der Waals surface area contributed by atoms with Gasteiger partial charge in [0.1, 0.15) is 11.6 Å². The first-order valence-electron chi connectivity index (χ1n) is 6.74. The van der Waals surface area contributed by atoms with Gasteiger partial charge >= 0.3 is 0 Å². The molecule has 0 unspecified atom stereocenters. The summed E-state index contributed by atoms with van der Waals surface area (Å²) in [6.45, 7) is 4.46. The highest BCUT2D eigenvalue weighted by molar-refractivity contribution is 9.10. The Bertz CT molecular complexity index is 420. The van der Waals surface area contributed by atoms with Gasteiger partial charge in [-0.15, -0.1) is 0 Å². The average Bonchev–Trinajstić information content (AvgIpc) is 2.90. The van der Waals surface area contributed by atoms with Crippen LogP contribution >= 0.6 is 15.9 Å². The van der Waals surface area contributed by atoms with E-state index in [1.807, 2.05) is 0 Å². The van der Waals surface area contributed by atoms with E-state index in [9.17, 15) is 8.78 Å². The molecule has 0 aliphatic carbocycles. The van der Waals surface area contributed by atoms with Crippen LogP contribution in [0.15, 0.2) is 16.6 Å². The number of hydrogen-bond donors (Lipinski definition) is 1. The van der Waals surface area contributed by atoms with E-state index in [1.165, 1.54) is 38.1 Å². The minimum absolute atomic E-state index is 0.107. The molecular formula is C14H19BrF2N2. The predicted octanol–water partition coefficient (Wildman–Crippen LogP) is 3.30. The van der Waals surface area contributed by atoms with Gasteiger partial charge in [0.05, 0.1) is 4.47 Å². The molecule has 0 atom stereocenters. The van der Waals surface area contributed by atoms with E-state index in [-0.39, 0.29) is 12.1 Å². The fourth-order valence-electron chi connectivity index (χ4n) is 2.38. The summed E-state index contributed by atoms with van der Waals surface area (Å²) >= 11 is 3.07. The quantitative estimate of drug-likeness (QED) is 0.635. The molecule has 1 aliphatic rings. The van der Waals surface area contributed by atoms with Gasteiger partial charge in [0.15, 0.2) is 0 Å². The molecule has 1 aliphatic heterocycles. The van der Waals surface area contributed by atoms with Crippen molar-refractivity contribution in [2.75, 3.05) is 26.2 Å². The Morgan fingerprint density at radius 3 is 2.68 bits per heavy atom. The monoisotopic (exact) mass is 332 g/mol. The van der Waals surface area contributed by atoms with Crippen molar-refractivity contribution in [3.63, 3.8) is 0 Å². The van der Waals surface area contributed by atoms with Gasteiger partial charge in [-0.1, -0.05) is 0 Å². The summed E-state index contributed by atoms with van der Waals surface area (Å²) in [5.74, 6) is -1.00. The molecule has 1 aromatic rings. The van der Waals surface area contributed by atoms with Crippen molar-refractivity contribution in [2.45, 2.75) is 25.8 Å². The molecule has 5 heteroatoms. The maximum atomic E-state index is 13.7. The number of nitrogens with one attached hydrogen (secondary N) is 1. The molecule has 0 amide bonds. The highest BCUT2D eigenvalue weighted by Crippen LogP contribution is 2.21. The highest BCUT2D eigenvalue weighted by atomic mass is 79.9. The van der Waals surface area contributed by atoms with Crippen LogP contribution in [0.4, 0.5) is 8.78 Å². The van der Waals surface area contributed by atoms with E-state index in [1.54, 1.807) is 0 Å². The Balaban J connectivity index is 1.72. The van der Waals surface area contributed by atoms with E-state index in [0.717, 1.165) is 19.5 Å². The van der Waals surface area contributed by atoms with Crippen molar-refractivity contribution >= 4 is 15.9 Å². The lowest BCUT2D eigenvalue weighted by atomic mass is 10.2. The normalized spacial score (nSPS) is 16.2. The van der Waals surface area contributed by atoms with Gasteiger partial charge in [-0.3, -0.25) is 0 Å². The molecule has 0 saturated carbocycles. The molecule has 1 N–H and O–H groups in total. The number of hydrogen-bond acceptors (Lipinski definition) is 2. The SMILES string of the molecule is Fc1ccc(Br)c(F)c1CNCCCN1CCCC1. The minimum atomic E-state index is -0.507. The molecule has 0 spiro atoms. The van der Waals surface area contributed by atoms with Crippen molar-refractivity contribution in [1.82, 2.24) is 10.2 Å². The van der Waals surface area contributed by atoms with Gasteiger partial charge in [-0.2, -0.15) is 0 Å². The third-order valence-corrected chi connectivity index (χ3v) is 4.08. The first-order chi connectivity index (χ1) is 9.18. The summed E-state index contributed by atoms with van der Waals surface area (Å²) in [7, 11) is 0. The number of likely N-dealkylation sites (tertiary alicyclic amines) is 1. The first kappa shape index (κ1) is 14.9. The van der Waals surface area contributed by atoms with Crippen molar-refractivity contribution < 1.29 is 8.78 Å².